The normalized spacial score (nSPS) is 16.2. The molecule has 1 heterocycles. The Kier molecular flexibility index (Phi) is 5.02. The van der Waals surface area contributed by atoms with Crippen LogP contribution in [0.1, 0.15) is 19.4 Å². The van der Waals surface area contributed by atoms with Crippen LogP contribution in [-0.4, -0.2) is 37.7 Å². The first kappa shape index (κ1) is 13.4. The zero-order chi connectivity index (χ0) is 12.8. The van der Waals surface area contributed by atoms with E-state index in [1.807, 2.05) is 6.07 Å². The molecule has 100 valence electrons. The van der Waals surface area contributed by atoms with Crippen LogP contribution in [0.5, 0.6) is 5.75 Å². The Hall–Kier alpha value is -1.06. The second-order valence-electron chi connectivity index (χ2n) is 5.33. The highest BCUT2D eigenvalue weighted by molar-refractivity contribution is 5.33. The summed E-state index contributed by atoms with van der Waals surface area (Å²) in [7, 11) is 0. The highest BCUT2D eigenvalue weighted by atomic mass is 16.5. The molecule has 0 aliphatic carbocycles. The first-order valence-electron chi connectivity index (χ1n) is 6.89. The highest BCUT2D eigenvalue weighted by Crippen LogP contribution is 2.21. The van der Waals surface area contributed by atoms with Gasteiger partial charge in [-0.1, -0.05) is 32.0 Å². The predicted molar refractivity (Wildman–Crippen MR) is 74.9 cm³/mol. The van der Waals surface area contributed by atoms with Crippen LogP contribution in [0, 0.1) is 5.92 Å². The maximum Gasteiger partial charge on any atom is 0.123 e. The summed E-state index contributed by atoms with van der Waals surface area (Å²) < 4.78 is 5.76. The Morgan fingerprint density at radius 2 is 2.17 bits per heavy atom. The molecule has 0 amide bonds. The average molecular weight is 248 g/mol. The van der Waals surface area contributed by atoms with Gasteiger partial charge in [0.2, 0.25) is 0 Å². The van der Waals surface area contributed by atoms with E-state index in [4.69, 9.17) is 4.74 Å². The van der Waals surface area contributed by atoms with Crippen LogP contribution in [-0.2, 0) is 6.54 Å². The minimum Gasteiger partial charge on any atom is -0.492 e. The van der Waals surface area contributed by atoms with Crippen molar-refractivity contribution >= 4 is 0 Å². The quantitative estimate of drug-likeness (QED) is 0.808. The van der Waals surface area contributed by atoms with E-state index in [0.29, 0.717) is 0 Å². The van der Waals surface area contributed by atoms with Gasteiger partial charge in [-0.3, -0.25) is 4.90 Å². The Bertz CT molecular complexity index is 365. The monoisotopic (exact) mass is 248 g/mol. The number of nitrogens with zero attached hydrogens (tertiary/aromatic N) is 1. The molecule has 0 saturated heterocycles. The number of hydrogen-bond donors (Lipinski definition) is 1. The summed E-state index contributed by atoms with van der Waals surface area (Å²) in [6.07, 6.45) is 0. The molecule has 3 heteroatoms. The van der Waals surface area contributed by atoms with E-state index in [1.54, 1.807) is 0 Å². The number of ether oxygens (including phenoxy) is 1. The van der Waals surface area contributed by atoms with Gasteiger partial charge in [-0.2, -0.15) is 0 Å². The van der Waals surface area contributed by atoms with Crippen LogP contribution in [0.25, 0.3) is 0 Å². The van der Waals surface area contributed by atoms with Crippen molar-refractivity contribution in [1.82, 2.24) is 10.2 Å². The van der Waals surface area contributed by atoms with Gasteiger partial charge in [0.05, 0.1) is 0 Å². The van der Waals surface area contributed by atoms with Crippen molar-refractivity contribution in [2.24, 2.45) is 5.92 Å². The van der Waals surface area contributed by atoms with Gasteiger partial charge >= 0.3 is 0 Å². The number of nitrogens with one attached hydrogen (secondary N) is 1. The second-order valence-corrected chi connectivity index (χ2v) is 5.33. The smallest absolute Gasteiger partial charge is 0.123 e. The maximum absolute atomic E-state index is 5.76. The van der Waals surface area contributed by atoms with Crippen molar-refractivity contribution in [2.75, 3.05) is 32.8 Å². The number of para-hydroxylation sites is 1. The zero-order valence-corrected chi connectivity index (χ0v) is 11.5. The third-order valence-corrected chi connectivity index (χ3v) is 3.19. The van der Waals surface area contributed by atoms with E-state index in [0.717, 1.165) is 51.0 Å². The molecule has 1 aromatic carbocycles. The Morgan fingerprint density at radius 1 is 1.33 bits per heavy atom. The molecule has 1 N–H and O–H groups in total. The third kappa shape index (κ3) is 4.00. The summed E-state index contributed by atoms with van der Waals surface area (Å²) in [4.78, 5) is 2.46. The molecular weight excluding hydrogens is 224 g/mol. The van der Waals surface area contributed by atoms with Crippen LogP contribution in [0.15, 0.2) is 24.3 Å². The van der Waals surface area contributed by atoms with Gasteiger partial charge in [0, 0.05) is 31.7 Å². The molecule has 1 aliphatic heterocycles. The van der Waals surface area contributed by atoms with E-state index in [2.05, 4.69) is 42.3 Å². The van der Waals surface area contributed by atoms with E-state index in [-0.39, 0.29) is 0 Å². The van der Waals surface area contributed by atoms with Crippen LogP contribution in [0.4, 0.5) is 0 Å². The standard InChI is InChI=1S/C15H24N2O/c1-13(2)11-16-7-8-17-9-10-18-15-6-4-3-5-14(15)12-17/h3-6,13,16H,7-12H2,1-2H3. The SMILES string of the molecule is CC(C)CNCCN1CCOc2ccccc2C1. The van der Waals surface area contributed by atoms with E-state index in [1.165, 1.54) is 5.56 Å². The van der Waals surface area contributed by atoms with E-state index < -0.39 is 0 Å². The average Bonchev–Trinajstić information content (AvgIpc) is 2.56. The van der Waals surface area contributed by atoms with Crippen molar-refractivity contribution in [3.8, 4) is 5.75 Å². The summed E-state index contributed by atoms with van der Waals surface area (Å²) in [6.45, 7) is 10.5. The lowest BCUT2D eigenvalue weighted by molar-refractivity contribution is 0.225. The Labute approximate surface area is 110 Å². The molecule has 0 saturated carbocycles. The van der Waals surface area contributed by atoms with Crippen molar-refractivity contribution in [3.05, 3.63) is 29.8 Å². The second kappa shape index (κ2) is 6.76. The minimum absolute atomic E-state index is 0.721. The lowest BCUT2D eigenvalue weighted by Gasteiger charge is -2.19. The van der Waals surface area contributed by atoms with Crippen molar-refractivity contribution < 1.29 is 4.74 Å². The predicted octanol–water partition coefficient (Wildman–Crippen LogP) is 2.13. The van der Waals surface area contributed by atoms with Gasteiger partial charge < -0.3 is 10.1 Å². The largest absolute Gasteiger partial charge is 0.492 e. The molecule has 0 radical (unpaired) electrons. The molecule has 18 heavy (non-hydrogen) atoms. The molecule has 0 aromatic heterocycles. The molecule has 0 unspecified atom stereocenters. The Balaban J connectivity index is 1.81. The number of hydrogen-bond acceptors (Lipinski definition) is 3. The molecule has 0 atom stereocenters. The van der Waals surface area contributed by atoms with Gasteiger partial charge in [0.1, 0.15) is 12.4 Å². The molecule has 1 aromatic rings. The number of benzene rings is 1. The molecule has 1 aliphatic rings. The first-order valence-corrected chi connectivity index (χ1v) is 6.89. The maximum atomic E-state index is 5.76. The summed E-state index contributed by atoms with van der Waals surface area (Å²) in [5.41, 5.74) is 1.30. The Morgan fingerprint density at radius 3 is 3.00 bits per heavy atom. The van der Waals surface area contributed by atoms with Crippen molar-refractivity contribution in [3.63, 3.8) is 0 Å². The number of fused-ring (bicyclic) bond motifs is 1. The van der Waals surface area contributed by atoms with E-state index in [9.17, 15) is 0 Å². The molecular formula is C15H24N2O. The van der Waals surface area contributed by atoms with Gasteiger partial charge in [0.15, 0.2) is 0 Å². The minimum atomic E-state index is 0.721. The fraction of sp³-hybridized carbons (Fsp3) is 0.600. The summed E-state index contributed by atoms with van der Waals surface area (Å²) in [5.74, 6) is 1.77. The topological polar surface area (TPSA) is 24.5 Å². The van der Waals surface area contributed by atoms with Gasteiger partial charge in [-0.15, -0.1) is 0 Å². The van der Waals surface area contributed by atoms with Crippen LogP contribution >= 0.6 is 0 Å². The lowest BCUT2D eigenvalue weighted by atomic mass is 10.2. The molecule has 0 bridgehead atoms. The van der Waals surface area contributed by atoms with E-state index >= 15 is 0 Å². The van der Waals surface area contributed by atoms with Gasteiger partial charge in [0.25, 0.3) is 0 Å². The zero-order valence-electron chi connectivity index (χ0n) is 11.5. The fourth-order valence-corrected chi connectivity index (χ4v) is 2.20. The summed E-state index contributed by atoms with van der Waals surface area (Å²) in [6, 6.07) is 8.35. The van der Waals surface area contributed by atoms with Crippen molar-refractivity contribution in [2.45, 2.75) is 20.4 Å². The molecule has 0 fully saturated rings. The highest BCUT2D eigenvalue weighted by Gasteiger charge is 2.13. The van der Waals surface area contributed by atoms with Gasteiger partial charge in [-0.05, 0) is 18.5 Å². The fourth-order valence-electron chi connectivity index (χ4n) is 2.20. The van der Waals surface area contributed by atoms with Crippen LogP contribution < -0.4 is 10.1 Å². The first-order chi connectivity index (χ1) is 8.75. The summed E-state index contributed by atoms with van der Waals surface area (Å²) >= 11 is 0. The number of rotatable bonds is 5. The van der Waals surface area contributed by atoms with Gasteiger partial charge in [-0.25, -0.2) is 0 Å². The molecule has 2 rings (SSSR count). The van der Waals surface area contributed by atoms with Crippen molar-refractivity contribution in [1.29, 1.82) is 0 Å². The molecule has 0 spiro atoms. The summed E-state index contributed by atoms with van der Waals surface area (Å²) in [5, 5.41) is 3.49. The molecule has 3 nitrogen and oxygen atoms in total. The lowest BCUT2D eigenvalue weighted by Crippen LogP contribution is -2.34. The van der Waals surface area contributed by atoms with Crippen LogP contribution in [0.2, 0.25) is 0 Å². The van der Waals surface area contributed by atoms with Crippen LogP contribution in [0.3, 0.4) is 0 Å². The third-order valence-electron chi connectivity index (χ3n) is 3.19.